The van der Waals surface area contributed by atoms with Crippen molar-refractivity contribution in [2.24, 2.45) is 0 Å². The fourth-order valence-corrected chi connectivity index (χ4v) is 3.81. The molecule has 3 amide bonds. The van der Waals surface area contributed by atoms with Crippen LogP contribution in [0.4, 0.5) is 0 Å². The summed E-state index contributed by atoms with van der Waals surface area (Å²) in [7, 11) is 1.58. The number of amides is 3. The number of aliphatic carboxylic acids is 1. The molecule has 0 radical (unpaired) electrons. The van der Waals surface area contributed by atoms with Crippen LogP contribution in [0.5, 0.6) is 11.5 Å². The molecule has 3 rings (SSSR count). The third kappa shape index (κ3) is 7.72. The van der Waals surface area contributed by atoms with Gasteiger partial charge >= 0.3 is 5.97 Å². The highest BCUT2D eigenvalue weighted by Gasteiger charge is 2.26. The molecule has 1 fully saturated rings. The zero-order valence-corrected chi connectivity index (χ0v) is 20.2. The minimum atomic E-state index is -1.20. The average Bonchev–Trinajstić information content (AvgIpc) is 2.91. The Kier molecular flexibility index (Phi) is 9.67. The molecule has 2 aromatic rings. The van der Waals surface area contributed by atoms with Gasteiger partial charge in [0.1, 0.15) is 17.5 Å². The number of carboxylic acids is 1. The van der Waals surface area contributed by atoms with Crippen LogP contribution in [0.3, 0.4) is 0 Å². The van der Waals surface area contributed by atoms with Crippen LogP contribution < -0.4 is 14.8 Å². The number of hydrogen-bond donors (Lipinski definition) is 2. The minimum absolute atomic E-state index is 0.0182. The third-order valence-corrected chi connectivity index (χ3v) is 5.92. The largest absolute Gasteiger partial charge is 0.497 e. The molecule has 10 nitrogen and oxygen atoms in total. The van der Waals surface area contributed by atoms with Gasteiger partial charge in [-0.1, -0.05) is 18.2 Å². The van der Waals surface area contributed by atoms with Crippen LogP contribution in [-0.2, 0) is 14.4 Å². The second-order valence-corrected chi connectivity index (χ2v) is 8.30. The van der Waals surface area contributed by atoms with Gasteiger partial charge in [0.05, 0.1) is 20.1 Å². The number of piperazine rings is 1. The summed E-state index contributed by atoms with van der Waals surface area (Å²) >= 11 is 0. The molecule has 36 heavy (non-hydrogen) atoms. The van der Waals surface area contributed by atoms with Crippen LogP contribution >= 0.6 is 0 Å². The van der Waals surface area contributed by atoms with E-state index in [9.17, 15) is 24.3 Å². The molecule has 0 aromatic heterocycles. The van der Waals surface area contributed by atoms with Gasteiger partial charge in [-0.2, -0.15) is 0 Å². The van der Waals surface area contributed by atoms with Crippen molar-refractivity contribution in [3.05, 3.63) is 60.2 Å². The number of hydrogen-bond acceptors (Lipinski definition) is 6. The molecule has 2 N–H and O–H groups in total. The molecule has 2 aromatic carbocycles. The van der Waals surface area contributed by atoms with E-state index in [4.69, 9.17) is 9.47 Å². The summed E-state index contributed by atoms with van der Waals surface area (Å²) in [6, 6.07) is 14.2. The first-order valence-corrected chi connectivity index (χ1v) is 11.8. The second-order valence-electron chi connectivity index (χ2n) is 8.30. The number of benzene rings is 2. The Morgan fingerprint density at radius 3 is 1.97 bits per heavy atom. The number of nitrogens with zero attached hydrogens (tertiary/aromatic N) is 2. The zero-order chi connectivity index (χ0) is 25.9. The van der Waals surface area contributed by atoms with Gasteiger partial charge in [0.2, 0.25) is 11.8 Å². The number of carbonyl (C=O) groups is 4. The monoisotopic (exact) mass is 497 g/mol. The van der Waals surface area contributed by atoms with Crippen LogP contribution in [0.15, 0.2) is 54.6 Å². The van der Waals surface area contributed by atoms with Gasteiger partial charge in [0, 0.05) is 38.2 Å². The minimum Gasteiger partial charge on any atom is -0.497 e. The summed E-state index contributed by atoms with van der Waals surface area (Å²) in [6.45, 7) is 1.80. The van der Waals surface area contributed by atoms with Crippen LogP contribution in [0.2, 0.25) is 0 Å². The highest BCUT2D eigenvalue weighted by atomic mass is 16.5. The second kappa shape index (κ2) is 13.1. The van der Waals surface area contributed by atoms with Gasteiger partial charge in [0.15, 0.2) is 0 Å². The van der Waals surface area contributed by atoms with Crippen molar-refractivity contribution < 1.29 is 33.8 Å². The van der Waals surface area contributed by atoms with Crippen molar-refractivity contribution in [3.8, 4) is 11.5 Å². The van der Waals surface area contributed by atoms with Crippen molar-refractivity contribution in [2.75, 3.05) is 39.9 Å². The molecule has 1 aliphatic rings. The van der Waals surface area contributed by atoms with E-state index >= 15 is 0 Å². The first-order valence-electron chi connectivity index (χ1n) is 11.8. The van der Waals surface area contributed by atoms with Crippen molar-refractivity contribution >= 4 is 23.7 Å². The maximum atomic E-state index is 12.6. The molecule has 0 aliphatic carbocycles. The van der Waals surface area contributed by atoms with Gasteiger partial charge in [0.25, 0.3) is 5.91 Å². The Morgan fingerprint density at radius 1 is 0.861 bits per heavy atom. The van der Waals surface area contributed by atoms with Crippen LogP contribution in [0.1, 0.15) is 29.6 Å². The predicted octanol–water partition coefficient (Wildman–Crippen LogP) is 1.80. The number of methoxy groups -OCH3 is 1. The first kappa shape index (κ1) is 26.5. The van der Waals surface area contributed by atoms with Crippen molar-refractivity contribution in [1.29, 1.82) is 0 Å². The average molecular weight is 498 g/mol. The number of carbonyl (C=O) groups excluding carboxylic acids is 3. The number of ether oxygens (including phenoxy) is 2. The summed E-state index contributed by atoms with van der Waals surface area (Å²) < 4.78 is 10.7. The third-order valence-electron chi connectivity index (χ3n) is 5.92. The molecule has 1 atom stereocenters. The molecule has 10 heteroatoms. The Labute approximate surface area is 209 Å². The predicted molar refractivity (Wildman–Crippen MR) is 131 cm³/mol. The van der Waals surface area contributed by atoms with Crippen LogP contribution in [0.25, 0.3) is 0 Å². The lowest BCUT2D eigenvalue weighted by atomic mass is 10.1. The topological polar surface area (TPSA) is 125 Å². The maximum absolute atomic E-state index is 12.6. The Morgan fingerprint density at radius 2 is 1.42 bits per heavy atom. The van der Waals surface area contributed by atoms with E-state index in [0.717, 1.165) is 5.75 Å². The number of rotatable bonds is 11. The lowest BCUT2D eigenvalue weighted by Gasteiger charge is -2.35. The molecule has 1 saturated heterocycles. The van der Waals surface area contributed by atoms with Crippen LogP contribution in [0, 0.1) is 0 Å². The molecule has 0 saturated carbocycles. The van der Waals surface area contributed by atoms with Crippen LogP contribution in [-0.4, -0.2) is 84.5 Å². The molecule has 1 aliphatic heterocycles. The van der Waals surface area contributed by atoms with Gasteiger partial charge in [-0.05, 0) is 42.8 Å². The summed E-state index contributed by atoms with van der Waals surface area (Å²) in [4.78, 5) is 52.3. The fraction of sp³-hybridized carbons (Fsp3) is 0.385. The lowest BCUT2D eigenvalue weighted by Crippen LogP contribution is -2.51. The smallest absolute Gasteiger partial charge is 0.326 e. The summed E-state index contributed by atoms with van der Waals surface area (Å²) in [6.07, 6.45) is 0.186. The SMILES string of the molecule is COc1ccc(OCCC(=O)N2CCN(C(=O)CC[C@H](NC(=O)c3ccccc3)C(=O)O)CC2)cc1. The van der Waals surface area contributed by atoms with Gasteiger partial charge < -0.3 is 29.7 Å². The van der Waals surface area contributed by atoms with E-state index in [0.29, 0.717) is 37.5 Å². The van der Waals surface area contributed by atoms with E-state index in [-0.39, 0.29) is 37.7 Å². The highest BCUT2D eigenvalue weighted by molar-refractivity contribution is 5.96. The highest BCUT2D eigenvalue weighted by Crippen LogP contribution is 2.17. The molecule has 0 unspecified atom stereocenters. The fourth-order valence-electron chi connectivity index (χ4n) is 3.81. The molecule has 0 spiro atoms. The number of carboxylic acid groups (broad SMARTS) is 1. The lowest BCUT2D eigenvalue weighted by molar-refractivity contribution is -0.141. The summed E-state index contributed by atoms with van der Waals surface area (Å²) in [5.74, 6) is -0.576. The van der Waals surface area contributed by atoms with E-state index in [2.05, 4.69) is 5.32 Å². The normalized spacial score (nSPS) is 14.0. The van der Waals surface area contributed by atoms with Gasteiger partial charge in [-0.15, -0.1) is 0 Å². The molecule has 192 valence electrons. The van der Waals surface area contributed by atoms with E-state index in [1.165, 1.54) is 0 Å². The zero-order valence-electron chi connectivity index (χ0n) is 20.2. The quantitative estimate of drug-likeness (QED) is 0.485. The summed E-state index contributed by atoms with van der Waals surface area (Å²) in [5.41, 5.74) is 0.352. The molecule has 0 bridgehead atoms. The van der Waals surface area contributed by atoms with Gasteiger partial charge in [-0.3, -0.25) is 14.4 Å². The van der Waals surface area contributed by atoms with Gasteiger partial charge in [-0.25, -0.2) is 4.79 Å². The molecular formula is C26H31N3O7. The maximum Gasteiger partial charge on any atom is 0.326 e. The Balaban J connectivity index is 1.37. The molecule has 1 heterocycles. The molecular weight excluding hydrogens is 466 g/mol. The van der Waals surface area contributed by atoms with Crippen molar-refractivity contribution in [2.45, 2.75) is 25.3 Å². The van der Waals surface area contributed by atoms with E-state index in [1.807, 2.05) is 0 Å². The number of nitrogens with one attached hydrogen (secondary N) is 1. The van der Waals surface area contributed by atoms with Crippen molar-refractivity contribution in [3.63, 3.8) is 0 Å². The Hall–Kier alpha value is -4.08. The standard InChI is InChI=1S/C26H31N3O7/c1-35-20-7-9-21(10-8-20)36-18-13-24(31)29-16-14-28(15-17-29)23(30)12-11-22(26(33)34)27-25(32)19-5-3-2-4-6-19/h2-10,22H,11-18H2,1H3,(H,27,32)(H,33,34)/t22-/m0/s1. The first-order chi connectivity index (χ1) is 17.4. The van der Waals surface area contributed by atoms with E-state index in [1.54, 1.807) is 71.5 Å². The van der Waals surface area contributed by atoms with E-state index < -0.39 is 17.9 Å². The van der Waals surface area contributed by atoms with Crippen molar-refractivity contribution in [1.82, 2.24) is 15.1 Å². The Bertz CT molecular complexity index is 1040. The summed E-state index contributed by atoms with van der Waals surface area (Å²) in [5, 5.41) is 11.9.